The van der Waals surface area contributed by atoms with Crippen molar-refractivity contribution in [2.24, 2.45) is 5.92 Å². The molecule has 2 N–H and O–H groups in total. The lowest BCUT2D eigenvalue weighted by Gasteiger charge is -2.18. The van der Waals surface area contributed by atoms with Crippen LogP contribution in [0.1, 0.15) is 27.4 Å². The summed E-state index contributed by atoms with van der Waals surface area (Å²) in [5.74, 6) is -2.00. The second kappa shape index (κ2) is 7.07. The summed E-state index contributed by atoms with van der Waals surface area (Å²) in [5, 5.41) is 19.7. The van der Waals surface area contributed by atoms with Gasteiger partial charge in [-0.05, 0) is 30.2 Å². The number of aryl methyl sites for hydroxylation is 1. The number of ether oxygens (including phenoxy) is 1. The molecule has 2 aromatic rings. The van der Waals surface area contributed by atoms with Crippen molar-refractivity contribution in [3.63, 3.8) is 0 Å². The Hall–Kier alpha value is -3.02. The average Bonchev–Trinajstić information content (AvgIpc) is 3.07. The van der Waals surface area contributed by atoms with Gasteiger partial charge in [-0.1, -0.05) is 24.3 Å². The van der Waals surface area contributed by atoms with Crippen molar-refractivity contribution in [3.8, 4) is 11.5 Å². The first kappa shape index (κ1) is 17.8. The Morgan fingerprint density at radius 2 is 1.88 bits per heavy atom. The molecule has 136 valence electrons. The molecule has 1 saturated heterocycles. The van der Waals surface area contributed by atoms with Crippen LogP contribution in [0.3, 0.4) is 0 Å². The van der Waals surface area contributed by atoms with Crippen molar-refractivity contribution in [2.75, 3.05) is 20.2 Å². The molecule has 0 spiro atoms. The average molecular weight is 355 g/mol. The molecule has 6 nitrogen and oxygen atoms in total. The van der Waals surface area contributed by atoms with E-state index in [-0.39, 0.29) is 29.7 Å². The Labute approximate surface area is 151 Å². The van der Waals surface area contributed by atoms with E-state index in [0.29, 0.717) is 12.3 Å². The number of phenolic OH excluding ortho intramolecular Hbond substituents is 1. The largest absolute Gasteiger partial charge is 0.507 e. The number of carbonyl (C=O) groups excluding carboxylic acids is 1. The lowest BCUT2D eigenvalue weighted by atomic mass is 9.86. The Morgan fingerprint density at radius 1 is 1.15 bits per heavy atom. The zero-order valence-corrected chi connectivity index (χ0v) is 14.7. The number of amides is 1. The lowest BCUT2D eigenvalue weighted by molar-refractivity contribution is -0.141. The van der Waals surface area contributed by atoms with Crippen LogP contribution < -0.4 is 4.74 Å². The van der Waals surface area contributed by atoms with Gasteiger partial charge in [0.1, 0.15) is 11.5 Å². The molecule has 1 aliphatic rings. The van der Waals surface area contributed by atoms with Crippen molar-refractivity contribution in [2.45, 2.75) is 12.8 Å². The Bertz CT molecular complexity index is 848. The third kappa shape index (κ3) is 3.22. The first-order valence-corrected chi connectivity index (χ1v) is 8.37. The molecule has 1 aliphatic heterocycles. The number of benzene rings is 2. The smallest absolute Gasteiger partial charge is 0.308 e. The number of carbonyl (C=O) groups is 2. The van der Waals surface area contributed by atoms with Gasteiger partial charge in [0, 0.05) is 25.1 Å². The van der Waals surface area contributed by atoms with Crippen LogP contribution in [-0.4, -0.2) is 47.2 Å². The van der Waals surface area contributed by atoms with Gasteiger partial charge in [0.15, 0.2) is 0 Å². The molecule has 1 fully saturated rings. The van der Waals surface area contributed by atoms with E-state index in [0.717, 1.165) is 11.1 Å². The maximum absolute atomic E-state index is 12.8. The van der Waals surface area contributed by atoms with Crippen LogP contribution in [0.5, 0.6) is 11.5 Å². The van der Waals surface area contributed by atoms with Crippen LogP contribution in [0, 0.1) is 12.8 Å². The maximum Gasteiger partial charge on any atom is 0.308 e. The summed E-state index contributed by atoms with van der Waals surface area (Å²) in [7, 11) is 1.47. The maximum atomic E-state index is 12.8. The highest BCUT2D eigenvalue weighted by Crippen LogP contribution is 2.36. The van der Waals surface area contributed by atoms with Crippen LogP contribution >= 0.6 is 0 Å². The van der Waals surface area contributed by atoms with Crippen molar-refractivity contribution >= 4 is 11.9 Å². The fraction of sp³-hybridized carbons (Fsp3) is 0.300. The highest BCUT2D eigenvalue weighted by molar-refractivity contribution is 5.97. The minimum atomic E-state index is -0.924. The van der Waals surface area contributed by atoms with Crippen molar-refractivity contribution < 1.29 is 24.5 Å². The zero-order chi connectivity index (χ0) is 18.8. The Balaban J connectivity index is 1.89. The van der Waals surface area contributed by atoms with E-state index < -0.39 is 11.9 Å². The van der Waals surface area contributed by atoms with Crippen LogP contribution in [0.2, 0.25) is 0 Å². The van der Waals surface area contributed by atoms with E-state index in [9.17, 15) is 19.8 Å². The minimum Gasteiger partial charge on any atom is -0.507 e. The fourth-order valence-electron chi connectivity index (χ4n) is 3.53. The monoisotopic (exact) mass is 355 g/mol. The molecule has 6 heteroatoms. The van der Waals surface area contributed by atoms with Gasteiger partial charge in [-0.3, -0.25) is 9.59 Å². The second-order valence-electron chi connectivity index (χ2n) is 6.50. The summed E-state index contributed by atoms with van der Waals surface area (Å²) >= 11 is 0. The molecular formula is C20H21NO5. The van der Waals surface area contributed by atoms with Gasteiger partial charge in [-0.15, -0.1) is 0 Å². The number of hydrogen-bond donors (Lipinski definition) is 2. The molecule has 2 aromatic carbocycles. The molecule has 0 radical (unpaired) electrons. The topological polar surface area (TPSA) is 87.1 Å². The third-order valence-electron chi connectivity index (χ3n) is 4.95. The molecule has 0 aliphatic carbocycles. The van der Waals surface area contributed by atoms with Crippen LogP contribution in [0.15, 0.2) is 42.5 Å². The standard InChI is InChI=1S/C20H21NO5/c1-12-5-3-4-6-14(12)16-10-21(11-17(16)20(24)25)19(23)15-8-7-13(26-2)9-18(15)22/h3-9,16-17,22H,10-11H2,1-2H3,(H,24,25)/t16-,17+/m0/s1. The normalized spacial score (nSPS) is 19.4. The fourth-order valence-corrected chi connectivity index (χ4v) is 3.53. The molecule has 3 rings (SSSR count). The number of likely N-dealkylation sites (tertiary alicyclic amines) is 1. The quantitative estimate of drug-likeness (QED) is 0.880. The van der Waals surface area contributed by atoms with Crippen molar-refractivity contribution in [3.05, 3.63) is 59.2 Å². The van der Waals surface area contributed by atoms with Gasteiger partial charge in [-0.2, -0.15) is 0 Å². The first-order valence-electron chi connectivity index (χ1n) is 8.37. The number of hydrogen-bond acceptors (Lipinski definition) is 4. The van der Waals surface area contributed by atoms with Gasteiger partial charge in [0.05, 0.1) is 18.6 Å². The lowest BCUT2D eigenvalue weighted by Crippen LogP contribution is -2.30. The van der Waals surface area contributed by atoms with E-state index >= 15 is 0 Å². The Morgan fingerprint density at radius 3 is 2.50 bits per heavy atom. The number of methoxy groups -OCH3 is 1. The number of rotatable bonds is 4. The van der Waals surface area contributed by atoms with E-state index in [4.69, 9.17) is 4.74 Å². The molecule has 2 atom stereocenters. The summed E-state index contributed by atoms with van der Waals surface area (Å²) in [4.78, 5) is 26.1. The van der Waals surface area contributed by atoms with Gasteiger partial charge in [-0.25, -0.2) is 0 Å². The molecule has 0 aromatic heterocycles. The summed E-state index contributed by atoms with van der Waals surface area (Å²) in [6.07, 6.45) is 0. The molecule has 0 unspecified atom stereocenters. The number of carboxylic acids is 1. The van der Waals surface area contributed by atoms with Crippen LogP contribution in [0.4, 0.5) is 0 Å². The van der Waals surface area contributed by atoms with E-state index in [2.05, 4.69) is 0 Å². The van der Waals surface area contributed by atoms with E-state index in [1.807, 2.05) is 31.2 Å². The molecule has 0 bridgehead atoms. The van der Waals surface area contributed by atoms with Gasteiger partial charge in [0.25, 0.3) is 5.91 Å². The minimum absolute atomic E-state index is 0.110. The van der Waals surface area contributed by atoms with Crippen molar-refractivity contribution in [1.82, 2.24) is 4.90 Å². The SMILES string of the molecule is COc1ccc(C(=O)N2C[C@@H](C(=O)O)[C@H](c3ccccc3C)C2)c(O)c1. The molecule has 1 heterocycles. The molecule has 1 amide bonds. The Kier molecular flexibility index (Phi) is 4.84. The van der Waals surface area contributed by atoms with E-state index in [1.54, 1.807) is 6.07 Å². The zero-order valence-electron chi connectivity index (χ0n) is 14.7. The number of aliphatic carboxylic acids is 1. The van der Waals surface area contributed by atoms with Crippen LogP contribution in [-0.2, 0) is 4.79 Å². The van der Waals surface area contributed by atoms with Crippen molar-refractivity contribution in [1.29, 1.82) is 0 Å². The predicted octanol–water partition coefficient (Wildman–Crippen LogP) is 2.65. The summed E-state index contributed by atoms with van der Waals surface area (Å²) in [6.45, 7) is 2.35. The predicted molar refractivity (Wildman–Crippen MR) is 95.6 cm³/mol. The number of phenols is 1. The molecule has 0 saturated carbocycles. The first-order chi connectivity index (χ1) is 12.4. The van der Waals surface area contributed by atoms with E-state index in [1.165, 1.54) is 24.1 Å². The third-order valence-corrected chi connectivity index (χ3v) is 4.95. The molecular weight excluding hydrogens is 334 g/mol. The summed E-state index contributed by atoms with van der Waals surface area (Å²) < 4.78 is 5.03. The highest BCUT2D eigenvalue weighted by atomic mass is 16.5. The molecule has 26 heavy (non-hydrogen) atoms. The second-order valence-corrected chi connectivity index (χ2v) is 6.50. The van der Waals surface area contributed by atoms with Gasteiger partial charge < -0.3 is 19.8 Å². The number of aromatic hydroxyl groups is 1. The van der Waals surface area contributed by atoms with Crippen LogP contribution in [0.25, 0.3) is 0 Å². The number of nitrogens with zero attached hydrogens (tertiary/aromatic N) is 1. The van der Waals surface area contributed by atoms with Gasteiger partial charge >= 0.3 is 5.97 Å². The van der Waals surface area contributed by atoms with Gasteiger partial charge in [0.2, 0.25) is 0 Å². The number of carboxylic acid groups (broad SMARTS) is 1. The summed E-state index contributed by atoms with van der Waals surface area (Å²) in [6, 6.07) is 12.1. The summed E-state index contributed by atoms with van der Waals surface area (Å²) in [5.41, 5.74) is 2.08. The highest BCUT2D eigenvalue weighted by Gasteiger charge is 2.41.